The van der Waals surface area contributed by atoms with Crippen LogP contribution in [0.3, 0.4) is 0 Å². The van der Waals surface area contributed by atoms with Crippen LogP contribution in [0.4, 0.5) is 0 Å². The van der Waals surface area contributed by atoms with E-state index < -0.39 is 0 Å². The van der Waals surface area contributed by atoms with Crippen molar-refractivity contribution in [2.75, 3.05) is 0 Å². The summed E-state index contributed by atoms with van der Waals surface area (Å²) in [5.74, 6) is 2.32. The van der Waals surface area contributed by atoms with Gasteiger partial charge in [0.05, 0.1) is 5.35 Å². The highest BCUT2D eigenvalue weighted by Gasteiger charge is 2.39. The Labute approximate surface area is 132 Å². The lowest BCUT2D eigenvalue weighted by Gasteiger charge is -2.43. The van der Waals surface area contributed by atoms with Gasteiger partial charge in [-0.2, -0.15) is 0 Å². The third kappa shape index (κ3) is 1.81. The minimum atomic E-state index is 0.712. The van der Waals surface area contributed by atoms with E-state index in [1.165, 1.54) is 55.5 Å². The van der Waals surface area contributed by atoms with Crippen LogP contribution in [0, 0.1) is 17.8 Å². The van der Waals surface area contributed by atoms with E-state index in [1.807, 2.05) is 6.20 Å². The second-order valence-electron chi connectivity index (χ2n) is 7.39. The van der Waals surface area contributed by atoms with Crippen molar-refractivity contribution in [1.82, 2.24) is 4.98 Å². The first kappa shape index (κ1) is 12.9. The summed E-state index contributed by atoms with van der Waals surface area (Å²) in [6.07, 6.45) is 18.8. The van der Waals surface area contributed by atoms with Gasteiger partial charge in [-0.3, -0.25) is 4.98 Å². The van der Waals surface area contributed by atoms with Crippen molar-refractivity contribution in [3.8, 4) is 0 Å². The van der Waals surface area contributed by atoms with Crippen molar-refractivity contribution in [2.45, 2.75) is 44.9 Å². The highest BCUT2D eigenvalue weighted by atomic mass is 14.7. The maximum Gasteiger partial charge on any atom is 0.0736 e. The van der Waals surface area contributed by atoms with Crippen molar-refractivity contribution in [2.24, 2.45) is 17.8 Å². The molecular formula is C21H23N. The van der Waals surface area contributed by atoms with Crippen molar-refractivity contribution in [3.63, 3.8) is 0 Å². The molecule has 1 aromatic heterocycles. The first-order chi connectivity index (χ1) is 10.9. The normalized spacial score (nSPS) is 32.5. The summed E-state index contributed by atoms with van der Waals surface area (Å²) in [5, 5.41) is 2.64. The second kappa shape index (κ2) is 4.94. The SMILES string of the molecule is C1=C2CCCCC2C2CCC3CC=c4cccnc4=C3C2=C1. The van der Waals surface area contributed by atoms with Crippen LogP contribution >= 0.6 is 0 Å². The average Bonchev–Trinajstić information content (AvgIpc) is 2.60. The van der Waals surface area contributed by atoms with E-state index in [-0.39, 0.29) is 0 Å². The number of rotatable bonds is 0. The predicted molar refractivity (Wildman–Crippen MR) is 90.3 cm³/mol. The zero-order valence-electron chi connectivity index (χ0n) is 13.1. The third-order valence-electron chi connectivity index (χ3n) is 6.33. The van der Waals surface area contributed by atoms with Gasteiger partial charge in [0.15, 0.2) is 0 Å². The Morgan fingerprint density at radius 2 is 2.00 bits per heavy atom. The molecule has 3 atom stereocenters. The monoisotopic (exact) mass is 289 g/mol. The molecule has 1 heterocycles. The van der Waals surface area contributed by atoms with Crippen molar-refractivity contribution >= 4 is 11.6 Å². The lowest BCUT2D eigenvalue weighted by Crippen LogP contribution is -2.40. The fraction of sp³-hybridized carbons (Fsp3) is 0.476. The standard InChI is InChI=1S/C21H23N/c1-2-6-17-14(4-1)9-12-19-18(17)11-10-15-7-8-16-5-3-13-22-21(16)20(15)19/h3,5,8-9,12-13,15,17-18H,1-2,4,6-7,10-11H2. The van der Waals surface area contributed by atoms with Gasteiger partial charge in [0.25, 0.3) is 0 Å². The summed E-state index contributed by atoms with van der Waals surface area (Å²) in [6, 6.07) is 4.31. The smallest absolute Gasteiger partial charge is 0.0736 e. The lowest BCUT2D eigenvalue weighted by molar-refractivity contribution is 0.304. The maximum atomic E-state index is 4.77. The Morgan fingerprint density at radius 1 is 1.00 bits per heavy atom. The van der Waals surface area contributed by atoms with Gasteiger partial charge in [0, 0.05) is 6.20 Å². The highest BCUT2D eigenvalue weighted by molar-refractivity contribution is 5.71. The molecule has 22 heavy (non-hydrogen) atoms. The van der Waals surface area contributed by atoms with Gasteiger partial charge in [-0.1, -0.05) is 36.3 Å². The highest BCUT2D eigenvalue weighted by Crippen LogP contribution is 2.50. The minimum Gasteiger partial charge on any atom is -0.256 e. The molecular weight excluding hydrogens is 266 g/mol. The van der Waals surface area contributed by atoms with E-state index in [0.717, 1.165) is 11.8 Å². The van der Waals surface area contributed by atoms with Crippen LogP contribution in [-0.4, -0.2) is 4.98 Å². The lowest BCUT2D eigenvalue weighted by atomic mass is 9.61. The van der Waals surface area contributed by atoms with E-state index in [1.54, 1.807) is 16.7 Å². The molecule has 2 saturated carbocycles. The van der Waals surface area contributed by atoms with Gasteiger partial charge in [0.1, 0.15) is 0 Å². The number of aromatic nitrogens is 1. The summed E-state index contributed by atoms with van der Waals surface area (Å²) < 4.78 is 0. The van der Waals surface area contributed by atoms with Crippen LogP contribution in [0.2, 0.25) is 0 Å². The quantitative estimate of drug-likeness (QED) is 0.712. The van der Waals surface area contributed by atoms with Crippen LogP contribution < -0.4 is 10.6 Å². The zero-order valence-corrected chi connectivity index (χ0v) is 13.1. The van der Waals surface area contributed by atoms with Crippen molar-refractivity contribution in [3.05, 3.63) is 52.2 Å². The summed E-state index contributed by atoms with van der Waals surface area (Å²) in [4.78, 5) is 4.77. The van der Waals surface area contributed by atoms with Gasteiger partial charge < -0.3 is 0 Å². The molecule has 0 amide bonds. The molecule has 1 aromatic rings. The molecule has 4 aliphatic carbocycles. The molecule has 3 unspecified atom stereocenters. The molecule has 0 radical (unpaired) electrons. The largest absolute Gasteiger partial charge is 0.256 e. The molecule has 0 aromatic carbocycles. The molecule has 0 N–H and O–H groups in total. The first-order valence-corrected chi connectivity index (χ1v) is 8.98. The number of hydrogen-bond donors (Lipinski definition) is 0. The molecule has 0 spiro atoms. The molecule has 4 aliphatic rings. The average molecular weight is 289 g/mol. The van der Waals surface area contributed by atoms with Crippen LogP contribution in [0.15, 0.2) is 41.6 Å². The predicted octanol–water partition coefficient (Wildman–Crippen LogP) is 3.50. The second-order valence-corrected chi connectivity index (χ2v) is 7.39. The first-order valence-electron chi connectivity index (χ1n) is 8.98. The molecule has 0 bridgehead atoms. The van der Waals surface area contributed by atoms with E-state index in [4.69, 9.17) is 4.98 Å². The Balaban J connectivity index is 1.73. The fourth-order valence-electron chi connectivity index (χ4n) is 5.32. The van der Waals surface area contributed by atoms with Gasteiger partial charge in [0.2, 0.25) is 0 Å². The maximum absolute atomic E-state index is 4.77. The van der Waals surface area contributed by atoms with Crippen LogP contribution in [0.5, 0.6) is 0 Å². The number of nitrogens with zero attached hydrogens (tertiary/aromatic N) is 1. The Hall–Kier alpha value is -1.63. The van der Waals surface area contributed by atoms with Crippen molar-refractivity contribution < 1.29 is 0 Å². The molecule has 0 aliphatic heterocycles. The van der Waals surface area contributed by atoms with Gasteiger partial charge in [-0.25, -0.2) is 0 Å². The van der Waals surface area contributed by atoms with E-state index in [0.29, 0.717) is 5.92 Å². The summed E-state index contributed by atoms with van der Waals surface area (Å²) in [5.41, 5.74) is 4.97. The molecule has 2 fully saturated rings. The van der Waals surface area contributed by atoms with Crippen molar-refractivity contribution in [1.29, 1.82) is 0 Å². The summed E-state index contributed by atoms with van der Waals surface area (Å²) in [6.45, 7) is 0. The summed E-state index contributed by atoms with van der Waals surface area (Å²) in [7, 11) is 0. The number of pyridine rings is 1. The van der Waals surface area contributed by atoms with Gasteiger partial charge in [-0.05, 0) is 78.7 Å². The topological polar surface area (TPSA) is 12.9 Å². The Kier molecular flexibility index (Phi) is 2.89. The zero-order chi connectivity index (χ0) is 14.5. The fourth-order valence-corrected chi connectivity index (χ4v) is 5.32. The van der Waals surface area contributed by atoms with Crippen LogP contribution in [-0.2, 0) is 0 Å². The summed E-state index contributed by atoms with van der Waals surface area (Å²) >= 11 is 0. The molecule has 1 nitrogen and oxygen atoms in total. The number of fused-ring (bicyclic) bond motifs is 6. The van der Waals surface area contributed by atoms with E-state index in [2.05, 4.69) is 30.4 Å². The number of hydrogen-bond acceptors (Lipinski definition) is 1. The van der Waals surface area contributed by atoms with Gasteiger partial charge in [-0.15, -0.1) is 0 Å². The van der Waals surface area contributed by atoms with Crippen LogP contribution in [0.25, 0.3) is 11.6 Å². The Bertz CT molecular complexity index is 795. The molecule has 0 saturated heterocycles. The number of allylic oxidation sites excluding steroid dienone is 4. The third-order valence-corrected chi connectivity index (χ3v) is 6.33. The van der Waals surface area contributed by atoms with E-state index >= 15 is 0 Å². The van der Waals surface area contributed by atoms with Crippen LogP contribution in [0.1, 0.15) is 44.9 Å². The Morgan fingerprint density at radius 3 is 3.00 bits per heavy atom. The molecule has 5 rings (SSSR count). The van der Waals surface area contributed by atoms with Gasteiger partial charge >= 0.3 is 0 Å². The van der Waals surface area contributed by atoms with E-state index in [9.17, 15) is 0 Å². The molecule has 1 heteroatoms. The minimum absolute atomic E-state index is 0.712. The molecule has 112 valence electrons.